The number of carboxylic acids is 1. The zero-order valence-corrected chi connectivity index (χ0v) is 11.8. The molecule has 0 heterocycles. The molecule has 0 aliphatic rings. The van der Waals surface area contributed by atoms with Gasteiger partial charge in [-0.3, -0.25) is 0 Å². The second-order valence-corrected chi connectivity index (χ2v) is 4.93. The van der Waals surface area contributed by atoms with E-state index in [9.17, 15) is 4.79 Å². The molecule has 0 radical (unpaired) electrons. The van der Waals surface area contributed by atoms with Crippen molar-refractivity contribution in [2.75, 3.05) is 5.73 Å². The third-order valence-corrected chi connectivity index (χ3v) is 3.24. The molecular weight excluding hydrogens is 301 g/mol. The lowest BCUT2D eigenvalue weighted by molar-refractivity contribution is 0.0697. The Morgan fingerprint density at radius 3 is 2.55 bits per heavy atom. The normalized spacial score (nSPS) is 10.3. The molecule has 104 valence electrons. The maximum Gasteiger partial charge on any atom is 0.335 e. The van der Waals surface area contributed by atoms with Gasteiger partial charge in [-0.1, -0.05) is 29.3 Å². The highest BCUT2D eigenvalue weighted by Crippen LogP contribution is 2.26. The molecule has 6 heteroatoms. The predicted octanol–water partition coefficient (Wildman–Crippen LogP) is 3.85. The summed E-state index contributed by atoms with van der Waals surface area (Å²) in [6.07, 6.45) is 0. The maximum absolute atomic E-state index is 10.8. The highest BCUT2D eigenvalue weighted by atomic mass is 35.5. The average molecular weight is 312 g/mol. The van der Waals surface area contributed by atoms with Gasteiger partial charge in [0.2, 0.25) is 0 Å². The topological polar surface area (TPSA) is 72.6 Å². The van der Waals surface area contributed by atoms with E-state index in [0.717, 1.165) is 5.56 Å². The van der Waals surface area contributed by atoms with Gasteiger partial charge in [0, 0.05) is 15.6 Å². The van der Waals surface area contributed by atoms with Crippen molar-refractivity contribution < 1.29 is 14.6 Å². The number of ether oxygens (including phenoxy) is 1. The van der Waals surface area contributed by atoms with Crippen LogP contribution < -0.4 is 10.5 Å². The number of aromatic carboxylic acids is 1. The number of halogens is 2. The van der Waals surface area contributed by atoms with Crippen LogP contribution in [0, 0.1) is 0 Å². The molecule has 20 heavy (non-hydrogen) atoms. The fourth-order valence-corrected chi connectivity index (χ4v) is 2.07. The number of nitrogen functional groups attached to an aromatic ring is 1. The van der Waals surface area contributed by atoms with Crippen LogP contribution in [0.1, 0.15) is 15.9 Å². The van der Waals surface area contributed by atoms with Gasteiger partial charge in [0.1, 0.15) is 12.4 Å². The van der Waals surface area contributed by atoms with Crippen LogP contribution in [0.15, 0.2) is 36.4 Å². The number of nitrogens with two attached hydrogens (primary N) is 1. The summed E-state index contributed by atoms with van der Waals surface area (Å²) in [6, 6.07) is 9.38. The molecule has 0 amide bonds. The highest BCUT2D eigenvalue weighted by molar-refractivity contribution is 6.35. The minimum Gasteiger partial charge on any atom is -0.487 e. The van der Waals surface area contributed by atoms with Gasteiger partial charge >= 0.3 is 5.97 Å². The van der Waals surface area contributed by atoms with E-state index in [1.54, 1.807) is 18.2 Å². The first-order valence-electron chi connectivity index (χ1n) is 5.67. The van der Waals surface area contributed by atoms with Gasteiger partial charge in [-0.05, 0) is 30.3 Å². The molecule has 0 bridgehead atoms. The van der Waals surface area contributed by atoms with Crippen molar-refractivity contribution in [2.24, 2.45) is 0 Å². The number of rotatable bonds is 4. The largest absolute Gasteiger partial charge is 0.487 e. The molecule has 2 aromatic rings. The fourth-order valence-electron chi connectivity index (χ4n) is 1.61. The summed E-state index contributed by atoms with van der Waals surface area (Å²) >= 11 is 11.8. The summed E-state index contributed by atoms with van der Waals surface area (Å²) in [4.78, 5) is 10.8. The Morgan fingerprint density at radius 1 is 1.20 bits per heavy atom. The molecule has 3 N–H and O–H groups in total. The van der Waals surface area contributed by atoms with Crippen LogP contribution in [0.2, 0.25) is 10.0 Å². The van der Waals surface area contributed by atoms with Crippen LogP contribution in [-0.2, 0) is 6.61 Å². The second-order valence-electron chi connectivity index (χ2n) is 4.08. The quantitative estimate of drug-likeness (QED) is 0.841. The first-order chi connectivity index (χ1) is 9.47. The van der Waals surface area contributed by atoms with E-state index < -0.39 is 5.97 Å². The minimum atomic E-state index is -1.04. The Kier molecular flexibility index (Phi) is 4.37. The van der Waals surface area contributed by atoms with Crippen LogP contribution in [0.3, 0.4) is 0 Å². The first kappa shape index (κ1) is 14.5. The van der Waals surface area contributed by atoms with Gasteiger partial charge in [0.25, 0.3) is 0 Å². The van der Waals surface area contributed by atoms with Crippen molar-refractivity contribution >= 4 is 34.9 Å². The molecule has 2 aromatic carbocycles. The van der Waals surface area contributed by atoms with Crippen molar-refractivity contribution in [1.82, 2.24) is 0 Å². The van der Waals surface area contributed by atoms with Gasteiger partial charge in [0.15, 0.2) is 0 Å². The van der Waals surface area contributed by atoms with Crippen molar-refractivity contribution in [3.8, 4) is 5.75 Å². The molecule has 0 aliphatic carbocycles. The molecule has 0 spiro atoms. The van der Waals surface area contributed by atoms with E-state index in [1.807, 2.05) is 0 Å². The molecule has 0 saturated carbocycles. The Labute approximate surface area is 125 Å². The monoisotopic (exact) mass is 311 g/mol. The maximum atomic E-state index is 10.8. The average Bonchev–Trinajstić information content (AvgIpc) is 2.38. The zero-order valence-electron chi connectivity index (χ0n) is 10.3. The van der Waals surface area contributed by atoms with E-state index in [0.29, 0.717) is 15.8 Å². The molecule has 0 aromatic heterocycles. The summed E-state index contributed by atoms with van der Waals surface area (Å²) in [7, 11) is 0. The number of hydrogen-bond donors (Lipinski definition) is 2. The highest BCUT2D eigenvalue weighted by Gasteiger charge is 2.08. The van der Waals surface area contributed by atoms with Gasteiger partial charge in [0.05, 0.1) is 11.3 Å². The molecule has 0 atom stereocenters. The number of carbonyl (C=O) groups is 1. The number of hydrogen-bond acceptors (Lipinski definition) is 3. The van der Waals surface area contributed by atoms with Gasteiger partial charge in [-0.25, -0.2) is 4.79 Å². The van der Waals surface area contributed by atoms with Crippen LogP contribution >= 0.6 is 23.2 Å². The van der Waals surface area contributed by atoms with Crippen LogP contribution in [0.4, 0.5) is 5.69 Å². The van der Waals surface area contributed by atoms with Crippen LogP contribution in [0.5, 0.6) is 5.75 Å². The summed E-state index contributed by atoms with van der Waals surface area (Å²) in [5, 5.41) is 9.89. The number of anilines is 1. The van der Waals surface area contributed by atoms with E-state index >= 15 is 0 Å². The van der Waals surface area contributed by atoms with E-state index in [2.05, 4.69) is 0 Å². The SMILES string of the molecule is Nc1cc(C(=O)O)ccc1OCc1ccc(Cl)cc1Cl. The lowest BCUT2D eigenvalue weighted by atomic mass is 10.2. The standard InChI is InChI=1S/C14H11Cl2NO3/c15-10-3-1-9(11(16)6-10)7-20-13-4-2-8(14(18)19)5-12(13)17/h1-6H,7,17H2,(H,18,19). The Balaban J connectivity index is 2.13. The molecule has 0 saturated heterocycles. The zero-order chi connectivity index (χ0) is 14.7. The summed E-state index contributed by atoms with van der Waals surface area (Å²) < 4.78 is 5.53. The Bertz CT molecular complexity index is 659. The van der Waals surface area contributed by atoms with Crippen molar-refractivity contribution in [1.29, 1.82) is 0 Å². The lowest BCUT2D eigenvalue weighted by Gasteiger charge is -2.10. The third-order valence-electron chi connectivity index (χ3n) is 2.66. The summed E-state index contributed by atoms with van der Waals surface area (Å²) in [5.41, 5.74) is 6.87. The van der Waals surface area contributed by atoms with Crippen molar-refractivity contribution in [3.63, 3.8) is 0 Å². The predicted molar refractivity (Wildman–Crippen MR) is 78.6 cm³/mol. The van der Waals surface area contributed by atoms with Crippen molar-refractivity contribution in [2.45, 2.75) is 6.61 Å². The smallest absolute Gasteiger partial charge is 0.335 e. The van der Waals surface area contributed by atoms with E-state index in [4.69, 9.17) is 38.8 Å². The molecule has 0 fully saturated rings. The molecule has 4 nitrogen and oxygen atoms in total. The Hall–Kier alpha value is -1.91. The number of benzene rings is 2. The molecule has 0 unspecified atom stereocenters. The van der Waals surface area contributed by atoms with Crippen molar-refractivity contribution in [3.05, 3.63) is 57.6 Å². The fraction of sp³-hybridized carbons (Fsp3) is 0.0714. The molecule has 0 aliphatic heterocycles. The summed E-state index contributed by atoms with van der Waals surface area (Å²) in [6.45, 7) is 0.215. The summed E-state index contributed by atoms with van der Waals surface area (Å²) in [5.74, 6) is -0.634. The third kappa shape index (κ3) is 3.35. The van der Waals surface area contributed by atoms with Gasteiger partial charge in [-0.2, -0.15) is 0 Å². The van der Waals surface area contributed by atoms with Crippen LogP contribution in [0.25, 0.3) is 0 Å². The number of carboxylic acid groups (broad SMARTS) is 1. The van der Waals surface area contributed by atoms with E-state index in [1.165, 1.54) is 18.2 Å². The lowest BCUT2D eigenvalue weighted by Crippen LogP contribution is -2.02. The molecular formula is C14H11Cl2NO3. The van der Waals surface area contributed by atoms with Gasteiger partial charge < -0.3 is 15.6 Å². The first-order valence-corrected chi connectivity index (χ1v) is 6.42. The Morgan fingerprint density at radius 2 is 1.95 bits per heavy atom. The van der Waals surface area contributed by atoms with Gasteiger partial charge in [-0.15, -0.1) is 0 Å². The van der Waals surface area contributed by atoms with E-state index in [-0.39, 0.29) is 17.9 Å². The molecule has 2 rings (SSSR count). The van der Waals surface area contributed by atoms with Crippen LogP contribution in [-0.4, -0.2) is 11.1 Å². The second kappa shape index (κ2) is 6.03. The minimum absolute atomic E-state index is 0.111.